The second-order valence-electron chi connectivity index (χ2n) is 5.63. The van der Waals surface area contributed by atoms with Crippen molar-refractivity contribution in [1.29, 1.82) is 0 Å². The molecule has 0 saturated carbocycles. The number of rotatable bonds is 7. The Labute approximate surface area is 150 Å². The zero-order valence-electron chi connectivity index (χ0n) is 14.3. The van der Waals surface area contributed by atoms with Gasteiger partial charge in [0.2, 0.25) is 6.79 Å². The highest BCUT2D eigenvalue weighted by molar-refractivity contribution is 5.96. The summed E-state index contributed by atoms with van der Waals surface area (Å²) in [6, 6.07) is 12.4. The number of ether oxygens (including phenoxy) is 4. The van der Waals surface area contributed by atoms with E-state index in [9.17, 15) is 9.59 Å². The molecular formula is C19H19NO6. The summed E-state index contributed by atoms with van der Waals surface area (Å²) in [7, 11) is 0. The van der Waals surface area contributed by atoms with Crippen molar-refractivity contribution in [2.24, 2.45) is 0 Å². The van der Waals surface area contributed by atoms with Gasteiger partial charge in [0.05, 0.1) is 0 Å². The van der Waals surface area contributed by atoms with Crippen molar-refractivity contribution in [2.75, 3.05) is 26.6 Å². The van der Waals surface area contributed by atoms with Gasteiger partial charge in [0.25, 0.3) is 5.91 Å². The molecule has 3 rings (SSSR count). The van der Waals surface area contributed by atoms with Crippen molar-refractivity contribution in [3.05, 3.63) is 53.6 Å². The van der Waals surface area contributed by atoms with Gasteiger partial charge in [-0.1, -0.05) is 17.7 Å². The summed E-state index contributed by atoms with van der Waals surface area (Å²) in [6.45, 7) is 2.25. The van der Waals surface area contributed by atoms with E-state index in [2.05, 4.69) is 5.32 Å². The molecule has 0 bridgehead atoms. The van der Waals surface area contributed by atoms with E-state index in [0.717, 1.165) is 5.56 Å². The largest absolute Gasteiger partial charge is 0.490 e. The van der Waals surface area contributed by atoms with Crippen LogP contribution in [0.5, 0.6) is 17.2 Å². The molecule has 1 N–H and O–H groups in total. The van der Waals surface area contributed by atoms with Gasteiger partial charge in [0, 0.05) is 5.56 Å². The van der Waals surface area contributed by atoms with Crippen LogP contribution in [0.25, 0.3) is 0 Å². The van der Waals surface area contributed by atoms with Crippen LogP contribution >= 0.6 is 0 Å². The molecule has 0 fully saturated rings. The van der Waals surface area contributed by atoms with Gasteiger partial charge in [-0.15, -0.1) is 0 Å². The Kier molecular flexibility index (Phi) is 5.58. The molecule has 136 valence electrons. The van der Waals surface area contributed by atoms with Crippen molar-refractivity contribution in [3.8, 4) is 17.2 Å². The van der Waals surface area contributed by atoms with Crippen LogP contribution in [-0.4, -0.2) is 38.4 Å². The van der Waals surface area contributed by atoms with Crippen LogP contribution in [-0.2, 0) is 9.53 Å². The zero-order chi connectivity index (χ0) is 18.4. The Balaban J connectivity index is 1.36. The Bertz CT molecular complexity index is 787. The Hall–Kier alpha value is -3.22. The Morgan fingerprint density at radius 3 is 2.62 bits per heavy atom. The molecule has 7 heteroatoms. The maximum atomic E-state index is 12.1. The molecule has 1 aliphatic rings. The van der Waals surface area contributed by atoms with E-state index < -0.39 is 11.9 Å². The first kappa shape index (κ1) is 17.6. The molecule has 2 aromatic carbocycles. The van der Waals surface area contributed by atoms with Crippen molar-refractivity contribution in [2.45, 2.75) is 6.92 Å². The molecule has 0 atom stereocenters. The van der Waals surface area contributed by atoms with Crippen molar-refractivity contribution < 1.29 is 28.5 Å². The molecule has 0 radical (unpaired) electrons. The van der Waals surface area contributed by atoms with Crippen LogP contribution in [0.1, 0.15) is 15.9 Å². The number of benzene rings is 2. The summed E-state index contributed by atoms with van der Waals surface area (Å²) in [4.78, 5) is 23.7. The molecule has 7 nitrogen and oxygen atoms in total. The van der Waals surface area contributed by atoms with Crippen LogP contribution in [0.15, 0.2) is 42.5 Å². The molecule has 26 heavy (non-hydrogen) atoms. The van der Waals surface area contributed by atoms with E-state index >= 15 is 0 Å². The molecule has 1 aliphatic heterocycles. The maximum Gasteiger partial charge on any atom is 0.325 e. The number of carbonyl (C=O) groups excluding carboxylic acids is 2. The summed E-state index contributed by atoms with van der Waals surface area (Å²) in [5.41, 5.74) is 1.52. The third kappa shape index (κ3) is 4.66. The average Bonchev–Trinajstić information content (AvgIpc) is 3.12. The molecule has 0 aromatic heterocycles. The normalized spacial score (nSPS) is 11.7. The van der Waals surface area contributed by atoms with Crippen LogP contribution < -0.4 is 19.5 Å². The van der Waals surface area contributed by atoms with Gasteiger partial charge in [-0.3, -0.25) is 9.59 Å². The highest BCUT2D eigenvalue weighted by Crippen LogP contribution is 2.32. The fourth-order valence-electron chi connectivity index (χ4n) is 2.29. The minimum absolute atomic E-state index is 0.104. The number of amides is 1. The summed E-state index contributed by atoms with van der Waals surface area (Å²) in [5, 5.41) is 2.50. The molecular weight excluding hydrogens is 338 g/mol. The fourth-order valence-corrected chi connectivity index (χ4v) is 2.29. The van der Waals surface area contributed by atoms with Gasteiger partial charge in [-0.05, 0) is 37.3 Å². The SMILES string of the molecule is Cc1ccc(OCCOC(=O)CNC(=O)c2ccc3c(c2)OCO3)cc1. The number of hydrogen-bond donors (Lipinski definition) is 1. The first-order chi connectivity index (χ1) is 12.6. The summed E-state index contributed by atoms with van der Waals surface area (Å²) < 4.78 is 20.9. The van der Waals surface area contributed by atoms with Crippen LogP contribution in [0.2, 0.25) is 0 Å². The Morgan fingerprint density at radius 1 is 1.04 bits per heavy atom. The smallest absolute Gasteiger partial charge is 0.325 e. The predicted octanol–water partition coefficient (Wildman–Crippen LogP) is 2.08. The Morgan fingerprint density at radius 2 is 1.81 bits per heavy atom. The summed E-state index contributed by atoms with van der Waals surface area (Å²) in [5.74, 6) is 0.883. The quantitative estimate of drug-likeness (QED) is 0.603. The van der Waals surface area contributed by atoms with Gasteiger partial charge in [-0.25, -0.2) is 0 Å². The maximum absolute atomic E-state index is 12.1. The lowest BCUT2D eigenvalue weighted by Gasteiger charge is -2.08. The average molecular weight is 357 g/mol. The monoisotopic (exact) mass is 357 g/mol. The summed E-state index contributed by atoms with van der Waals surface area (Å²) >= 11 is 0. The molecule has 0 aliphatic carbocycles. The van der Waals surface area contributed by atoms with Gasteiger partial charge < -0.3 is 24.3 Å². The second kappa shape index (κ2) is 8.24. The number of fused-ring (bicyclic) bond motifs is 1. The first-order valence-electron chi connectivity index (χ1n) is 8.15. The van der Waals surface area contributed by atoms with Gasteiger partial charge in [0.1, 0.15) is 25.5 Å². The molecule has 0 unspecified atom stereocenters. The van der Waals surface area contributed by atoms with E-state index in [1.54, 1.807) is 18.2 Å². The third-order valence-electron chi connectivity index (χ3n) is 3.66. The number of nitrogens with one attached hydrogen (secondary N) is 1. The topological polar surface area (TPSA) is 83.1 Å². The first-order valence-corrected chi connectivity index (χ1v) is 8.15. The standard InChI is InChI=1S/C19H19NO6/c1-13-2-5-15(6-3-13)23-8-9-24-18(21)11-20-19(22)14-4-7-16-17(10-14)26-12-25-16/h2-7,10H,8-9,11-12H2,1H3,(H,20,22). The fraction of sp³-hybridized carbons (Fsp3) is 0.263. The molecule has 1 heterocycles. The van der Waals surface area contributed by atoms with Crippen LogP contribution in [0, 0.1) is 6.92 Å². The van der Waals surface area contributed by atoms with Crippen molar-refractivity contribution >= 4 is 11.9 Å². The zero-order valence-corrected chi connectivity index (χ0v) is 14.3. The minimum Gasteiger partial charge on any atom is -0.490 e. The second-order valence-corrected chi connectivity index (χ2v) is 5.63. The minimum atomic E-state index is -0.536. The van der Waals surface area contributed by atoms with Crippen molar-refractivity contribution in [1.82, 2.24) is 5.32 Å². The molecule has 2 aromatic rings. The number of esters is 1. The lowest BCUT2D eigenvalue weighted by Crippen LogP contribution is -2.31. The van der Waals surface area contributed by atoms with Gasteiger partial charge >= 0.3 is 5.97 Å². The van der Waals surface area contributed by atoms with E-state index in [1.165, 1.54) is 0 Å². The summed E-state index contributed by atoms with van der Waals surface area (Å²) in [6.07, 6.45) is 0. The third-order valence-corrected chi connectivity index (χ3v) is 3.66. The lowest BCUT2D eigenvalue weighted by atomic mass is 10.2. The molecule has 1 amide bonds. The highest BCUT2D eigenvalue weighted by atomic mass is 16.7. The van der Waals surface area contributed by atoms with Crippen molar-refractivity contribution in [3.63, 3.8) is 0 Å². The van der Waals surface area contributed by atoms with E-state index in [0.29, 0.717) is 22.8 Å². The molecule has 0 saturated heterocycles. The van der Waals surface area contributed by atoms with Gasteiger partial charge in [0.15, 0.2) is 11.5 Å². The van der Waals surface area contributed by atoms with E-state index in [4.69, 9.17) is 18.9 Å². The van der Waals surface area contributed by atoms with Crippen LogP contribution in [0.4, 0.5) is 0 Å². The predicted molar refractivity (Wildman–Crippen MR) is 92.5 cm³/mol. The van der Waals surface area contributed by atoms with Crippen LogP contribution in [0.3, 0.4) is 0 Å². The number of carbonyl (C=O) groups is 2. The molecule has 0 spiro atoms. The lowest BCUT2D eigenvalue weighted by molar-refractivity contribution is -0.143. The number of hydrogen-bond acceptors (Lipinski definition) is 6. The van der Waals surface area contributed by atoms with E-state index in [-0.39, 0.29) is 26.6 Å². The van der Waals surface area contributed by atoms with Gasteiger partial charge in [-0.2, -0.15) is 0 Å². The highest BCUT2D eigenvalue weighted by Gasteiger charge is 2.16. The van der Waals surface area contributed by atoms with E-state index in [1.807, 2.05) is 31.2 Å². The number of aryl methyl sites for hydroxylation is 1.